The van der Waals surface area contributed by atoms with Crippen molar-refractivity contribution < 1.29 is 13.6 Å². The first-order valence-electron chi connectivity index (χ1n) is 8.89. The summed E-state index contributed by atoms with van der Waals surface area (Å²) in [5, 5.41) is 2.05. The highest BCUT2D eigenvalue weighted by Gasteiger charge is 2.20. The fraction of sp³-hybridized carbons (Fsp3) is 0.227. The maximum absolute atomic E-state index is 12.3. The van der Waals surface area contributed by atoms with Gasteiger partial charge in [-0.3, -0.25) is 0 Å². The molecule has 2 heterocycles. The van der Waals surface area contributed by atoms with Crippen LogP contribution in [0, 0.1) is 0 Å². The van der Waals surface area contributed by atoms with Crippen molar-refractivity contribution in [3.05, 3.63) is 64.2 Å². The molecule has 0 fully saturated rings. The van der Waals surface area contributed by atoms with Crippen LogP contribution in [0.25, 0.3) is 33.1 Å². The van der Waals surface area contributed by atoms with Crippen molar-refractivity contribution >= 4 is 21.9 Å². The van der Waals surface area contributed by atoms with E-state index >= 15 is 0 Å². The van der Waals surface area contributed by atoms with Crippen LogP contribution in [0.3, 0.4) is 0 Å². The first-order chi connectivity index (χ1) is 12.7. The molecular formula is C22H18O4. The predicted octanol–water partition coefficient (Wildman–Crippen LogP) is 5.09. The Kier molecular flexibility index (Phi) is 3.38. The number of methoxy groups -OCH3 is 1. The van der Waals surface area contributed by atoms with Crippen molar-refractivity contribution in [2.24, 2.45) is 0 Å². The Labute approximate surface area is 150 Å². The lowest BCUT2D eigenvalue weighted by Crippen LogP contribution is -2.15. The van der Waals surface area contributed by atoms with Gasteiger partial charge in [-0.2, -0.15) is 0 Å². The van der Waals surface area contributed by atoms with Gasteiger partial charge < -0.3 is 13.6 Å². The fourth-order valence-corrected chi connectivity index (χ4v) is 3.98. The molecule has 2 aromatic heterocycles. The summed E-state index contributed by atoms with van der Waals surface area (Å²) >= 11 is 0. The Hall–Kier alpha value is -3.01. The Morgan fingerprint density at radius 2 is 1.81 bits per heavy atom. The van der Waals surface area contributed by atoms with E-state index in [4.69, 9.17) is 13.6 Å². The van der Waals surface area contributed by atoms with Crippen LogP contribution in [-0.2, 0) is 12.8 Å². The highest BCUT2D eigenvalue weighted by molar-refractivity contribution is 6.02. The van der Waals surface area contributed by atoms with E-state index in [1.54, 1.807) is 13.4 Å². The molecule has 0 spiro atoms. The molecule has 130 valence electrons. The van der Waals surface area contributed by atoms with Crippen LogP contribution in [0.2, 0.25) is 0 Å². The second kappa shape index (κ2) is 5.77. The highest BCUT2D eigenvalue weighted by Crippen LogP contribution is 2.36. The van der Waals surface area contributed by atoms with Crippen molar-refractivity contribution in [2.45, 2.75) is 25.7 Å². The molecule has 1 aliphatic rings. The number of hydrogen-bond donors (Lipinski definition) is 0. The van der Waals surface area contributed by atoms with Gasteiger partial charge in [-0.05, 0) is 55.0 Å². The maximum atomic E-state index is 12.3. The predicted molar refractivity (Wildman–Crippen MR) is 101 cm³/mol. The molecule has 2 aromatic carbocycles. The first-order valence-corrected chi connectivity index (χ1v) is 8.89. The smallest absolute Gasteiger partial charge is 0.339 e. The quantitative estimate of drug-likeness (QED) is 0.474. The standard InChI is InChI=1S/C22H18O4/c1-24-14-6-4-5-13(9-14)19-12-25-20-11-21-17(10-18(19)20)15-7-2-3-8-16(15)22(23)26-21/h4-6,9-12H,2-3,7-8H2,1H3. The number of hydrogen-bond acceptors (Lipinski definition) is 4. The molecule has 0 saturated carbocycles. The number of aryl methyl sites for hydroxylation is 1. The number of rotatable bonds is 2. The minimum Gasteiger partial charge on any atom is -0.497 e. The average Bonchev–Trinajstić information content (AvgIpc) is 3.10. The van der Waals surface area contributed by atoms with Crippen molar-refractivity contribution in [3.8, 4) is 16.9 Å². The van der Waals surface area contributed by atoms with Crippen molar-refractivity contribution in [1.29, 1.82) is 0 Å². The monoisotopic (exact) mass is 346 g/mol. The summed E-state index contributed by atoms with van der Waals surface area (Å²) in [6.45, 7) is 0. The molecule has 0 radical (unpaired) electrons. The summed E-state index contributed by atoms with van der Waals surface area (Å²) in [5.74, 6) is 0.806. The molecule has 0 bridgehead atoms. The first kappa shape index (κ1) is 15.3. The molecular weight excluding hydrogens is 328 g/mol. The topological polar surface area (TPSA) is 52.6 Å². The zero-order valence-corrected chi connectivity index (χ0v) is 14.5. The second-order valence-electron chi connectivity index (χ2n) is 6.78. The highest BCUT2D eigenvalue weighted by atomic mass is 16.5. The minimum atomic E-state index is -0.203. The van der Waals surface area contributed by atoms with Crippen molar-refractivity contribution in [2.75, 3.05) is 7.11 Å². The molecule has 5 rings (SSSR count). The molecule has 0 atom stereocenters. The van der Waals surface area contributed by atoms with E-state index in [9.17, 15) is 4.79 Å². The van der Waals surface area contributed by atoms with E-state index in [2.05, 4.69) is 6.07 Å². The summed E-state index contributed by atoms with van der Waals surface area (Å²) in [6.07, 6.45) is 5.64. The number of fused-ring (bicyclic) bond motifs is 4. The van der Waals surface area contributed by atoms with Crippen LogP contribution < -0.4 is 10.4 Å². The summed E-state index contributed by atoms with van der Waals surface area (Å²) in [7, 11) is 1.66. The van der Waals surface area contributed by atoms with Gasteiger partial charge in [-0.1, -0.05) is 12.1 Å². The van der Waals surface area contributed by atoms with Gasteiger partial charge in [0.2, 0.25) is 0 Å². The Balaban J connectivity index is 1.80. The second-order valence-corrected chi connectivity index (χ2v) is 6.78. The lowest BCUT2D eigenvalue weighted by Gasteiger charge is -2.16. The van der Waals surface area contributed by atoms with Gasteiger partial charge in [0.15, 0.2) is 0 Å². The van der Waals surface area contributed by atoms with Gasteiger partial charge in [-0.15, -0.1) is 0 Å². The maximum Gasteiger partial charge on any atom is 0.339 e. The Morgan fingerprint density at radius 1 is 0.962 bits per heavy atom. The lowest BCUT2D eigenvalue weighted by atomic mass is 9.90. The third-order valence-electron chi connectivity index (χ3n) is 5.30. The van der Waals surface area contributed by atoms with E-state index in [0.29, 0.717) is 11.2 Å². The van der Waals surface area contributed by atoms with Gasteiger partial charge in [0.25, 0.3) is 0 Å². The van der Waals surface area contributed by atoms with Crippen LogP contribution in [0.5, 0.6) is 5.75 Å². The molecule has 4 nitrogen and oxygen atoms in total. The van der Waals surface area contributed by atoms with Gasteiger partial charge in [0.1, 0.15) is 16.9 Å². The molecule has 0 amide bonds. The van der Waals surface area contributed by atoms with Crippen molar-refractivity contribution in [1.82, 2.24) is 0 Å². The van der Waals surface area contributed by atoms with Crippen LogP contribution in [0.1, 0.15) is 24.0 Å². The van der Waals surface area contributed by atoms with Gasteiger partial charge >= 0.3 is 5.63 Å². The number of furan rings is 1. The lowest BCUT2D eigenvalue weighted by molar-refractivity contribution is 0.415. The molecule has 0 saturated heterocycles. The fourth-order valence-electron chi connectivity index (χ4n) is 3.98. The van der Waals surface area contributed by atoms with E-state index in [-0.39, 0.29) is 5.63 Å². The minimum absolute atomic E-state index is 0.203. The summed E-state index contributed by atoms with van der Waals surface area (Å²) in [6, 6.07) is 11.9. The summed E-state index contributed by atoms with van der Waals surface area (Å²) in [4.78, 5) is 12.3. The third-order valence-corrected chi connectivity index (χ3v) is 5.30. The van der Waals surface area contributed by atoms with Gasteiger partial charge in [-0.25, -0.2) is 4.79 Å². The van der Waals surface area contributed by atoms with Crippen LogP contribution in [-0.4, -0.2) is 7.11 Å². The SMILES string of the molecule is COc1cccc(-c2coc3cc4oc(=O)c5c(c4cc23)CCCC5)c1. The Morgan fingerprint density at radius 3 is 2.65 bits per heavy atom. The van der Waals surface area contributed by atoms with Gasteiger partial charge in [0.05, 0.1) is 13.4 Å². The van der Waals surface area contributed by atoms with E-state index in [0.717, 1.165) is 64.5 Å². The Bertz CT molecular complexity index is 1200. The molecule has 0 N–H and O–H groups in total. The number of benzene rings is 2. The van der Waals surface area contributed by atoms with E-state index < -0.39 is 0 Å². The zero-order chi connectivity index (χ0) is 17.7. The molecule has 0 aliphatic heterocycles. The van der Waals surface area contributed by atoms with Crippen molar-refractivity contribution in [3.63, 3.8) is 0 Å². The summed E-state index contributed by atoms with van der Waals surface area (Å²) < 4.78 is 16.7. The van der Waals surface area contributed by atoms with E-state index in [1.807, 2.05) is 30.3 Å². The number of ether oxygens (including phenoxy) is 1. The zero-order valence-electron chi connectivity index (χ0n) is 14.5. The van der Waals surface area contributed by atoms with Crippen LogP contribution >= 0.6 is 0 Å². The summed E-state index contributed by atoms with van der Waals surface area (Å²) in [5.41, 5.74) is 5.15. The average molecular weight is 346 g/mol. The molecule has 1 aliphatic carbocycles. The molecule has 26 heavy (non-hydrogen) atoms. The van der Waals surface area contributed by atoms with E-state index in [1.165, 1.54) is 0 Å². The van der Waals surface area contributed by atoms with Crippen LogP contribution in [0.4, 0.5) is 0 Å². The normalized spacial score (nSPS) is 13.9. The molecule has 4 aromatic rings. The molecule has 0 unspecified atom stereocenters. The largest absolute Gasteiger partial charge is 0.497 e. The van der Waals surface area contributed by atoms with Gasteiger partial charge in [0, 0.05) is 28.0 Å². The third kappa shape index (κ3) is 2.25. The van der Waals surface area contributed by atoms with Crippen LogP contribution in [0.15, 0.2) is 56.3 Å². The molecule has 4 heteroatoms.